The maximum absolute atomic E-state index is 12.9. The second kappa shape index (κ2) is 5.68. The Morgan fingerprint density at radius 2 is 1.92 bits per heavy atom. The van der Waals surface area contributed by atoms with E-state index in [-0.39, 0.29) is 17.4 Å². The Kier molecular flexibility index (Phi) is 3.35. The summed E-state index contributed by atoms with van der Waals surface area (Å²) < 4.78 is 0. The minimum atomic E-state index is -0.232. The first-order valence-electron chi connectivity index (χ1n) is 7.40. The van der Waals surface area contributed by atoms with Gasteiger partial charge in [-0.25, -0.2) is 4.98 Å². The Labute approximate surface area is 141 Å². The molecular formula is C17H12N6O2. The molecule has 0 saturated carbocycles. The monoisotopic (exact) mass is 332 g/mol. The highest BCUT2D eigenvalue weighted by atomic mass is 16.3. The molecule has 0 radical (unpaired) electrons. The fraction of sp³-hybridized carbons (Fsp3) is 0. The van der Waals surface area contributed by atoms with Gasteiger partial charge >= 0.3 is 0 Å². The topological polar surface area (TPSA) is 131 Å². The number of rotatable bonds is 3. The Balaban J connectivity index is 1.93. The standard InChI is InChI=1S/C17H12N6O2/c18-16-11(2-1-7-19-16)14-13-12(8-20-17(13)22-23-21-14)15(25)9-3-5-10(24)6-4-9/h1-8,24H,(H2,18,19)(H,20,21,22). The van der Waals surface area contributed by atoms with Gasteiger partial charge in [-0.05, 0) is 41.6 Å². The molecule has 25 heavy (non-hydrogen) atoms. The van der Waals surface area contributed by atoms with E-state index in [1.165, 1.54) is 12.1 Å². The van der Waals surface area contributed by atoms with Crippen molar-refractivity contribution in [1.29, 1.82) is 0 Å². The molecule has 8 nitrogen and oxygen atoms in total. The first-order chi connectivity index (χ1) is 12.1. The minimum Gasteiger partial charge on any atom is -0.508 e. The number of anilines is 1. The average molecular weight is 332 g/mol. The number of nitrogens with zero attached hydrogens (tertiary/aromatic N) is 4. The number of aromatic hydroxyl groups is 1. The number of nitrogens with two attached hydrogens (primary N) is 1. The van der Waals surface area contributed by atoms with E-state index in [9.17, 15) is 9.90 Å². The maximum Gasteiger partial charge on any atom is 0.195 e. The number of fused-ring (bicyclic) bond motifs is 1. The molecule has 8 heteroatoms. The van der Waals surface area contributed by atoms with E-state index < -0.39 is 0 Å². The number of pyridine rings is 1. The van der Waals surface area contributed by atoms with Gasteiger partial charge in [0.05, 0.1) is 10.9 Å². The summed E-state index contributed by atoms with van der Waals surface area (Å²) >= 11 is 0. The van der Waals surface area contributed by atoms with E-state index in [2.05, 4.69) is 25.4 Å². The van der Waals surface area contributed by atoms with Gasteiger partial charge in [0.2, 0.25) is 0 Å². The van der Waals surface area contributed by atoms with Crippen LogP contribution >= 0.6 is 0 Å². The van der Waals surface area contributed by atoms with Gasteiger partial charge in [0.1, 0.15) is 17.3 Å². The van der Waals surface area contributed by atoms with Crippen LogP contribution in [0.3, 0.4) is 0 Å². The van der Waals surface area contributed by atoms with Crippen LogP contribution in [0.15, 0.2) is 48.8 Å². The van der Waals surface area contributed by atoms with Crippen LogP contribution < -0.4 is 5.73 Å². The maximum atomic E-state index is 12.9. The number of aromatic amines is 1. The first kappa shape index (κ1) is 14.8. The summed E-state index contributed by atoms with van der Waals surface area (Å²) in [6.45, 7) is 0. The van der Waals surface area contributed by atoms with Gasteiger partial charge in [0.15, 0.2) is 11.4 Å². The largest absolute Gasteiger partial charge is 0.508 e. The lowest BCUT2D eigenvalue weighted by Crippen LogP contribution is -2.03. The Morgan fingerprint density at radius 1 is 1.12 bits per heavy atom. The molecule has 4 rings (SSSR count). The number of aromatic nitrogens is 5. The zero-order valence-electron chi connectivity index (χ0n) is 12.8. The summed E-state index contributed by atoms with van der Waals surface area (Å²) in [5.41, 5.74) is 8.19. The number of benzene rings is 1. The molecule has 0 fully saturated rings. The average Bonchev–Trinajstić information content (AvgIpc) is 3.06. The summed E-state index contributed by atoms with van der Waals surface area (Å²) in [5.74, 6) is 0.144. The number of ketones is 1. The van der Waals surface area contributed by atoms with Gasteiger partial charge in [0.25, 0.3) is 0 Å². The second-order valence-corrected chi connectivity index (χ2v) is 5.38. The Hall–Kier alpha value is -3.81. The van der Waals surface area contributed by atoms with Gasteiger partial charge in [-0.3, -0.25) is 4.79 Å². The van der Waals surface area contributed by atoms with Crippen molar-refractivity contribution >= 4 is 22.6 Å². The summed E-state index contributed by atoms with van der Waals surface area (Å²) in [5, 5.41) is 21.7. The molecule has 3 aromatic heterocycles. The Morgan fingerprint density at radius 3 is 2.68 bits per heavy atom. The Bertz CT molecular complexity index is 1090. The van der Waals surface area contributed by atoms with Crippen LogP contribution in [0.1, 0.15) is 15.9 Å². The van der Waals surface area contributed by atoms with Gasteiger partial charge in [-0.1, -0.05) is 0 Å². The van der Waals surface area contributed by atoms with Gasteiger partial charge in [-0.2, -0.15) is 0 Å². The number of carbonyl (C=O) groups excluding carboxylic acids is 1. The van der Waals surface area contributed by atoms with E-state index in [0.29, 0.717) is 33.4 Å². The van der Waals surface area contributed by atoms with Crippen molar-refractivity contribution in [1.82, 2.24) is 25.4 Å². The fourth-order valence-electron chi connectivity index (χ4n) is 2.65. The predicted molar refractivity (Wildman–Crippen MR) is 90.9 cm³/mol. The molecule has 0 aliphatic rings. The smallest absolute Gasteiger partial charge is 0.195 e. The molecule has 0 saturated heterocycles. The number of nitrogens with one attached hydrogen (secondary N) is 1. The number of carbonyl (C=O) groups is 1. The molecule has 0 amide bonds. The van der Waals surface area contributed by atoms with Crippen molar-refractivity contribution in [2.45, 2.75) is 0 Å². The lowest BCUT2D eigenvalue weighted by Gasteiger charge is -2.06. The van der Waals surface area contributed by atoms with Crippen molar-refractivity contribution in [3.63, 3.8) is 0 Å². The molecule has 122 valence electrons. The molecule has 0 aliphatic carbocycles. The number of hydrogen-bond acceptors (Lipinski definition) is 7. The van der Waals surface area contributed by atoms with Crippen LogP contribution in [0.4, 0.5) is 5.82 Å². The third-order valence-corrected chi connectivity index (χ3v) is 3.85. The predicted octanol–water partition coefficient (Wildman–Crippen LogP) is 1.93. The van der Waals surface area contributed by atoms with Crippen LogP contribution in [0.2, 0.25) is 0 Å². The van der Waals surface area contributed by atoms with E-state index in [1.54, 1.807) is 36.7 Å². The number of hydrogen-bond donors (Lipinski definition) is 3. The van der Waals surface area contributed by atoms with Crippen LogP contribution in [-0.2, 0) is 0 Å². The summed E-state index contributed by atoms with van der Waals surface area (Å²) in [4.78, 5) is 19.9. The summed E-state index contributed by atoms with van der Waals surface area (Å²) in [7, 11) is 0. The first-order valence-corrected chi connectivity index (χ1v) is 7.40. The molecule has 3 heterocycles. The summed E-state index contributed by atoms with van der Waals surface area (Å²) in [6, 6.07) is 9.51. The third kappa shape index (κ3) is 2.45. The van der Waals surface area contributed by atoms with Crippen molar-refractivity contribution in [2.75, 3.05) is 5.73 Å². The van der Waals surface area contributed by atoms with E-state index in [1.807, 2.05) is 0 Å². The molecule has 4 N–H and O–H groups in total. The van der Waals surface area contributed by atoms with Crippen LogP contribution in [0, 0.1) is 0 Å². The molecule has 0 aliphatic heterocycles. The quantitative estimate of drug-likeness (QED) is 0.488. The van der Waals surface area contributed by atoms with Gasteiger partial charge in [-0.15, -0.1) is 10.2 Å². The molecule has 0 spiro atoms. The summed E-state index contributed by atoms with van der Waals surface area (Å²) in [6.07, 6.45) is 3.14. The highest BCUT2D eigenvalue weighted by Gasteiger charge is 2.21. The van der Waals surface area contributed by atoms with Crippen LogP contribution in [0.5, 0.6) is 5.75 Å². The number of H-pyrrole nitrogens is 1. The lowest BCUT2D eigenvalue weighted by molar-refractivity contribution is 0.104. The molecular weight excluding hydrogens is 320 g/mol. The van der Waals surface area contributed by atoms with Crippen molar-refractivity contribution in [3.8, 4) is 17.0 Å². The van der Waals surface area contributed by atoms with Gasteiger partial charge < -0.3 is 15.8 Å². The zero-order chi connectivity index (χ0) is 17.4. The zero-order valence-corrected chi connectivity index (χ0v) is 12.8. The third-order valence-electron chi connectivity index (χ3n) is 3.85. The highest BCUT2D eigenvalue weighted by Crippen LogP contribution is 2.31. The van der Waals surface area contributed by atoms with E-state index in [4.69, 9.17) is 5.73 Å². The molecule has 0 atom stereocenters. The minimum absolute atomic E-state index is 0.0897. The SMILES string of the molecule is Nc1ncccc1-c1nnnc2[nH]cc(C(=O)c3ccc(O)cc3)c12. The van der Waals surface area contributed by atoms with Crippen molar-refractivity contribution in [2.24, 2.45) is 0 Å². The molecule has 0 unspecified atom stereocenters. The molecule has 0 bridgehead atoms. The second-order valence-electron chi connectivity index (χ2n) is 5.38. The van der Waals surface area contributed by atoms with E-state index >= 15 is 0 Å². The number of phenols is 1. The van der Waals surface area contributed by atoms with Crippen LogP contribution in [0.25, 0.3) is 22.3 Å². The fourth-order valence-corrected chi connectivity index (χ4v) is 2.65. The van der Waals surface area contributed by atoms with Crippen molar-refractivity contribution < 1.29 is 9.90 Å². The van der Waals surface area contributed by atoms with E-state index in [0.717, 1.165) is 0 Å². The molecule has 1 aromatic carbocycles. The van der Waals surface area contributed by atoms with Crippen molar-refractivity contribution in [3.05, 3.63) is 59.9 Å². The normalized spacial score (nSPS) is 10.9. The highest BCUT2D eigenvalue weighted by molar-refractivity contribution is 6.18. The number of phenolic OH excluding ortho intramolecular Hbond substituents is 1. The van der Waals surface area contributed by atoms with Gasteiger partial charge in [0, 0.05) is 23.5 Å². The number of nitrogen functional groups attached to an aromatic ring is 1. The van der Waals surface area contributed by atoms with Crippen LogP contribution in [-0.4, -0.2) is 36.3 Å². The molecule has 4 aromatic rings. The lowest BCUT2D eigenvalue weighted by atomic mass is 10.0.